The summed E-state index contributed by atoms with van der Waals surface area (Å²) in [6.45, 7) is 1.73. The predicted octanol–water partition coefficient (Wildman–Crippen LogP) is 2.22. The molecule has 2 heterocycles. The second-order valence-electron chi connectivity index (χ2n) is 4.31. The molecule has 2 aliphatic rings. The van der Waals surface area contributed by atoms with Crippen LogP contribution in [0.15, 0.2) is 39.8 Å². The first-order valence-corrected chi connectivity index (χ1v) is 7.13. The topological polar surface area (TPSA) is 87.6 Å². The van der Waals surface area contributed by atoms with Crippen molar-refractivity contribution >= 4 is 34.0 Å². The number of nitrogens with one attached hydrogen (secondary N) is 1. The van der Waals surface area contributed by atoms with Crippen molar-refractivity contribution in [2.24, 2.45) is 10.1 Å². The molecule has 0 bridgehead atoms. The molecular formula is C14H10N6S. The Kier molecular flexibility index (Phi) is 3.59. The summed E-state index contributed by atoms with van der Waals surface area (Å²) in [5.74, 6) is 0. The first-order valence-electron chi connectivity index (χ1n) is 6.25. The molecule has 6 nitrogen and oxygen atoms in total. The highest BCUT2D eigenvalue weighted by atomic mass is 32.2. The number of nitrogens with zero attached hydrogens (tertiary/aromatic N) is 5. The number of hydrogen-bond acceptors (Lipinski definition) is 7. The van der Waals surface area contributed by atoms with Crippen molar-refractivity contribution < 1.29 is 0 Å². The Bertz CT molecular complexity index is 733. The summed E-state index contributed by atoms with van der Waals surface area (Å²) < 4.78 is 0. The SMILES string of the molecule is N#CC(C#N)=NNc1cccc(C2=CSC3=NCCN23)c1. The van der Waals surface area contributed by atoms with Crippen molar-refractivity contribution in [3.05, 3.63) is 35.2 Å². The number of amidine groups is 1. The molecule has 1 aromatic rings. The molecule has 0 aliphatic carbocycles. The smallest absolute Gasteiger partial charge is 0.237 e. The van der Waals surface area contributed by atoms with Crippen LogP contribution in [0, 0.1) is 22.7 Å². The van der Waals surface area contributed by atoms with Crippen molar-refractivity contribution in [2.45, 2.75) is 0 Å². The molecule has 0 atom stereocenters. The maximum atomic E-state index is 8.66. The van der Waals surface area contributed by atoms with Crippen LogP contribution in [0.2, 0.25) is 0 Å². The summed E-state index contributed by atoms with van der Waals surface area (Å²) in [5.41, 5.74) is 5.42. The predicted molar refractivity (Wildman–Crippen MR) is 83.3 cm³/mol. The monoisotopic (exact) mass is 294 g/mol. The Labute approximate surface area is 126 Å². The second-order valence-corrected chi connectivity index (χ2v) is 5.15. The molecule has 0 fully saturated rings. The van der Waals surface area contributed by atoms with Crippen LogP contribution < -0.4 is 5.43 Å². The van der Waals surface area contributed by atoms with Gasteiger partial charge >= 0.3 is 0 Å². The Hall–Kier alpha value is -2.77. The number of nitriles is 2. The van der Waals surface area contributed by atoms with Gasteiger partial charge in [-0.15, -0.1) is 0 Å². The molecule has 1 aromatic carbocycles. The van der Waals surface area contributed by atoms with E-state index in [4.69, 9.17) is 10.5 Å². The quantitative estimate of drug-likeness (QED) is 0.682. The second kappa shape index (κ2) is 5.70. The number of anilines is 1. The fourth-order valence-corrected chi connectivity index (χ4v) is 3.05. The van der Waals surface area contributed by atoms with Crippen molar-refractivity contribution in [2.75, 3.05) is 18.5 Å². The van der Waals surface area contributed by atoms with E-state index in [9.17, 15) is 0 Å². The van der Waals surface area contributed by atoms with Gasteiger partial charge in [-0.1, -0.05) is 23.9 Å². The number of fused-ring (bicyclic) bond motifs is 1. The lowest BCUT2D eigenvalue weighted by molar-refractivity contribution is 0.650. The van der Waals surface area contributed by atoms with Crippen molar-refractivity contribution in [3.63, 3.8) is 0 Å². The molecule has 0 aromatic heterocycles. The van der Waals surface area contributed by atoms with Gasteiger partial charge in [0.1, 0.15) is 12.1 Å². The highest BCUT2D eigenvalue weighted by Gasteiger charge is 2.26. The van der Waals surface area contributed by atoms with E-state index in [1.165, 1.54) is 0 Å². The molecule has 0 saturated heterocycles. The summed E-state index contributed by atoms with van der Waals surface area (Å²) in [4.78, 5) is 6.61. The van der Waals surface area contributed by atoms with E-state index in [2.05, 4.69) is 25.8 Å². The third kappa shape index (κ3) is 2.60. The van der Waals surface area contributed by atoms with Gasteiger partial charge in [0.15, 0.2) is 5.17 Å². The maximum Gasteiger partial charge on any atom is 0.237 e. The Morgan fingerprint density at radius 3 is 3.05 bits per heavy atom. The lowest BCUT2D eigenvalue weighted by atomic mass is 10.1. The molecule has 3 rings (SSSR count). The molecule has 7 heteroatoms. The molecule has 0 spiro atoms. The van der Waals surface area contributed by atoms with E-state index in [1.807, 2.05) is 24.3 Å². The highest BCUT2D eigenvalue weighted by molar-refractivity contribution is 8.16. The Morgan fingerprint density at radius 2 is 2.24 bits per heavy atom. The number of thioether (sulfide) groups is 1. The summed E-state index contributed by atoms with van der Waals surface area (Å²) in [7, 11) is 0. The van der Waals surface area contributed by atoms with Crippen LogP contribution in [0.4, 0.5) is 5.69 Å². The van der Waals surface area contributed by atoms with Crippen LogP contribution in [0.25, 0.3) is 5.70 Å². The van der Waals surface area contributed by atoms with E-state index >= 15 is 0 Å². The minimum absolute atomic E-state index is 0.204. The first kappa shape index (κ1) is 13.2. The van der Waals surface area contributed by atoms with Gasteiger partial charge in [-0.2, -0.15) is 15.6 Å². The molecule has 1 N–H and O–H groups in total. The van der Waals surface area contributed by atoms with Gasteiger partial charge in [0.05, 0.1) is 17.9 Å². The number of aliphatic imine (C=N–C) groups is 1. The van der Waals surface area contributed by atoms with E-state index < -0.39 is 0 Å². The average molecular weight is 294 g/mol. The largest absolute Gasteiger partial charge is 0.318 e. The van der Waals surface area contributed by atoms with E-state index in [0.717, 1.165) is 35.2 Å². The molecule has 21 heavy (non-hydrogen) atoms. The van der Waals surface area contributed by atoms with E-state index in [0.29, 0.717) is 0 Å². The number of hydrazone groups is 1. The van der Waals surface area contributed by atoms with Crippen LogP contribution in [0.5, 0.6) is 0 Å². The molecule has 2 aliphatic heterocycles. The maximum absolute atomic E-state index is 8.66. The van der Waals surface area contributed by atoms with Crippen molar-refractivity contribution in [3.8, 4) is 12.1 Å². The number of benzene rings is 1. The molecule has 102 valence electrons. The summed E-state index contributed by atoms with van der Waals surface area (Å²) >= 11 is 1.63. The van der Waals surface area contributed by atoms with Gasteiger partial charge in [-0.25, -0.2) is 0 Å². The van der Waals surface area contributed by atoms with Gasteiger partial charge in [-0.3, -0.25) is 10.4 Å². The normalized spacial score (nSPS) is 15.4. The van der Waals surface area contributed by atoms with E-state index in [1.54, 1.807) is 23.9 Å². The van der Waals surface area contributed by atoms with Gasteiger partial charge in [0.2, 0.25) is 5.71 Å². The van der Waals surface area contributed by atoms with Gasteiger partial charge in [-0.05, 0) is 12.1 Å². The van der Waals surface area contributed by atoms with Crippen LogP contribution in [-0.4, -0.2) is 28.9 Å². The van der Waals surface area contributed by atoms with Crippen LogP contribution in [-0.2, 0) is 0 Å². The summed E-state index contributed by atoms with van der Waals surface area (Å²) in [6, 6.07) is 11.1. The number of hydrogen-bond donors (Lipinski definition) is 1. The zero-order chi connectivity index (χ0) is 14.7. The molecule has 0 radical (unpaired) electrons. The van der Waals surface area contributed by atoms with Gasteiger partial charge in [0.25, 0.3) is 0 Å². The van der Waals surface area contributed by atoms with Crippen LogP contribution in [0.1, 0.15) is 5.56 Å². The lowest BCUT2D eigenvalue weighted by Crippen LogP contribution is -2.19. The van der Waals surface area contributed by atoms with Crippen molar-refractivity contribution in [1.82, 2.24) is 4.90 Å². The minimum atomic E-state index is -0.204. The van der Waals surface area contributed by atoms with Crippen molar-refractivity contribution in [1.29, 1.82) is 10.5 Å². The summed E-state index contributed by atoms with van der Waals surface area (Å²) in [5, 5.41) is 24.2. The molecular weight excluding hydrogens is 284 g/mol. The third-order valence-electron chi connectivity index (χ3n) is 3.04. The standard InChI is InChI=1S/C14H10N6S/c15-7-12(8-16)19-18-11-3-1-2-10(6-11)13-9-21-14-17-4-5-20(13)14/h1-3,6,9,18H,4-5H2. The highest BCUT2D eigenvalue weighted by Crippen LogP contribution is 2.35. The zero-order valence-electron chi connectivity index (χ0n) is 10.9. The van der Waals surface area contributed by atoms with E-state index in [-0.39, 0.29) is 5.71 Å². The zero-order valence-corrected chi connectivity index (χ0v) is 11.8. The fourth-order valence-electron chi connectivity index (χ4n) is 2.09. The Balaban J connectivity index is 1.82. The minimum Gasteiger partial charge on any atom is -0.318 e. The first-order chi connectivity index (χ1) is 10.3. The molecule has 0 saturated carbocycles. The van der Waals surface area contributed by atoms with Gasteiger partial charge in [0, 0.05) is 17.5 Å². The third-order valence-corrected chi connectivity index (χ3v) is 3.94. The van der Waals surface area contributed by atoms with Gasteiger partial charge < -0.3 is 4.90 Å². The van der Waals surface area contributed by atoms with Crippen LogP contribution in [0.3, 0.4) is 0 Å². The average Bonchev–Trinajstić information content (AvgIpc) is 3.11. The lowest BCUT2D eigenvalue weighted by Gasteiger charge is -2.17. The molecule has 0 amide bonds. The van der Waals surface area contributed by atoms with Crippen LogP contribution >= 0.6 is 11.8 Å². The molecule has 0 unspecified atom stereocenters. The fraction of sp³-hybridized carbons (Fsp3) is 0.143. The number of rotatable bonds is 3. The summed E-state index contributed by atoms with van der Waals surface area (Å²) in [6.07, 6.45) is 0. The Morgan fingerprint density at radius 1 is 1.38 bits per heavy atom.